The van der Waals surface area contributed by atoms with Crippen LogP contribution in [0.3, 0.4) is 0 Å². The zero-order valence-corrected chi connectivity index (χ0v) is 14.8. The highest BCUT2D eigenvalue weighted by molar-refractivity contribution is 5.97. The van der Waals surface area contributed by atoms with Crippen LogP contribution in [0.25, 0.3) is 16.6 Å². The zero-order valence-electron chi connectivity index (χ0n) is 14.8. The van der Waals surface area contributed by atoms with E-state index in [1.165, 1.54) is 48.8 Å². The van der Waals surface area contributed by atoms with Crippen LogP contribution in [0.1, 0.15) is 10.4 Å². The monoisotopic (exact) mass is 393 g/mol. The number of fused-ring (bicyclic) bond motifs is 1. The topological polar surface area (TPSA) is 87.2 Å². The molecule has 29 heavy (non-hydrogen) atoms. The summed E-state index contributed by atoms with van der Waals surface area (Å²) in [7, 11) is 0. The number of hydrogen-bond acceptors (Lipinski definition) is 4. The third-order valence-corrected chi connectivity index (χ3v) is 4.28. The summed E-state index contributed by atoms with van der Waals surface area (Å²) in [5, 5.41) is 0.179. The predicted molar refractivity (Wildman–Crippen MR) is 102 cm³/mol. The van der Waals surface area contributed by atoms with Crippen LogP contribution in [-0.4, -0.2) is 15.5 Å². The van der Waals surface area contributed by atoms with E-state index in [-0.39, 0.29) is 22.4 Å². The van der Waals surface area contributed by atoms with Gasteiger partial charge in [0.2, 0.25) is 11.4 Å². The minimum atomic E-state index is -0.887. The SMILES string of the molecule is NC(=O)c1cn(-c2ccc(F)cc2)c2ccc(Oc3ccc(F)nc3)cc2c1=O. The number of nitrogens with zero attached hydrogens (tertiary/aromatic N) is 2. The predicted octanol–water partition coefficient (Wildman–Crippen LogP) is 3.56. The third kappa shape index (κ3) is 3.55. The fourth-order valence-corrected chi connectivity index (χ4v) is 2.92. The molecule has 0 radical (unpaired) electrons. The van der Waals surface area contributed by atoms with Crippen LogP contribution in [0.2, 0.25) is 0 Å². The number of carbonyl (C=O) groups is 1. The minimum Gasteiger partial charge on any atom is -0.456 e. The number of rotatable bonds is 4. The molecule has 0 aliphatic rings. The summed E-state index contributed by atoms with van der Waals surface area (Å²) in [5.74, 6) is -1.39. The molecule has 0 fully saturated rings. The lowest BCUT2D eigenvalue weighted by Crippen LogP contribution is -2.23. The fraction of sp³-hybridized carbons (Fsp3) is 0. The van der Waals surface area contributed by atoms with Gasteiger partial charge in [-0.05, 0) is 54.6 Å². The van der Waals surface area contributed by atoms with E-state index in [4.69, 9.17) is 10.5 Å². The van der Waals surface area contributed by atoms with E-state index in [1.54, 1.807) is 16.7 Å². The lowest BCUT2D eigenvalue weighted by atomic mass is 10.1. The first kappa shape index (κ1) is 18.3. The summed E-state index contributed by atoms with van der Waals surface area (Å²) >= 11 is 0. The van der Waals surface area contributed by atoms with E-state index in [0.29, 0.717) is 11.2 Å². The lowest BCUT2D eigenvalue weighted by Gasteiger charge is -2.14. The molecule has 0 aliphatic heterocycles. The van der Waals surface area contributed by atoms with E-state index in [2.05, 4.69) is 4.98 Å². The highest BCUT2D eigenvalue weighted by atomic mass is 19.1. The number of ether oxygens (including phenoxy) is 1. The molecule has 144 valence electrons. The van der Waals surface area contributed by atoms with Crippen molar-refractivity contribution in [3.8, 4) is 17.2 Å². The van der Waals surface area contributed by atoms with Crippen LogP contribution in [0.4, 0.5) is 8.78 Å². The Labute approximate surface area is 162 Å². The molecule has 0 bridgehead atoms. The van der Waals surface area contributed by atoms with Gasteiger partial charge in [-0.15, -0.1) is 0 Å². The van der Waals surface area contributed by atoms with Gasteiger partial charge in [-0.2, -0.15) is 4.39 Å². The van der Waals surface area contributed by atoms with Gasteiger partial charge in [0.25, 0.3) is 5.91 Å². The van der Waals surface area contributed by atoms with Crippen LogP contribution < -0.4 is 15.9 Å². The largest absolute Gasteiger partial charge is 0.456 e. The van der Waals surface area contributed by atoms with Crippen LogP contribution in [-0.2, 0) is 0 Å². The second kappa shape index (κ2) is 7.16. The number of aromatic nitrogens is 2. The molecule has 0 unspecified atom stereocenters. The van der Waals surface area contributed by atoms with Crippen molar-refractivity contribution >= 4 is 16.8 Å². The number of hydrogen-bond donors (Lipinski definition) is 1. The lowest BCUT2D eigenvalue weighted by molar-refractivity contribution is 0.0999. The van der Waals surface area contributed by atoms with Crippen LogP contribution in [0.5, 0.6) is 11.5 Å². The number of nitrogens with two attached hydrogens (primary N) is 1. The van der Waals surface area contributed by atoms with Gasteiger partial charge < -0.3 is 15.0 Å². The Morgan fingerprint density at radius 1 is 1.00 bits per heavy atom. The number of carbonyl (C=O) groups excluding carboxylic acids is 1. The van der Waals surface area contributed by atoms with E-state index in [1.807, 2.05) is 0 Å². The van der Waals surface area contributed by atoms with E-state index in [9.17, 15) is 18.4 Å². The number of primary amides is 1. The Bertz CT molecular complexity index is 1280. The zero-order chi connectivity index (χ0) is 20.5. The van der Waals surface area contributed by atoms with Gasteiger partial charge in [-0.3, -0.25) is 9.59 Å². The third-order valence-electron chi connectivity index (χ3n) is 4.28. The normalized spacial score (nSPS) is 10.8. The molecule has 6 nitrogen and oxygen atoms in total. The molecule has 2 N–H and O–H groups in total. The van der Waals surface area contributed by atoms with Crippen LogP contribution in [0.15, 0.2) is 71.8 Å². The maximum absolute atomic E-state index is 13.3. The molecule has 4 rings (SSSR count). The van der Waals surface area contributed by atoms with Crippen molar-refractivity contribution in [1.82, 2.24) is 9.55 Å². The molecule has 2 heterocycles. The molecule has 0 atom stereocenters. The van der Waals surface area contributed by atoms with E-state index in [0.717, 1.165) is 6.07 Å². The molecule has 2 aromatic carbocycles. The molecule has 0 saturated heterocycles. The number of amides is 1. The first-order valence-corrected chi connectivity index (χ1v) is 8.47. The Kier molecular flexibility index (Phi) is 4.52. The van der Waals surface area contributed by atoms with Crippen molar-refractivity contribution in [2.75, 3.05) is 0 Å². The van der Waals surface area contributed by atoms with Gasteiger partial charge in [-0.1, -0.05) is 0 Å². The smallest absolute Gasteiger partial charge is 0.254 e. The van der Waals surface area contributed by atoms with Crippen LogP contribution in [0, 0.1) is 11.8 Å². The molecule has 2 aromatic heterocycles. The summed E-state index contributed by atoms with van der Waals surface area (Å²) in [4.78, 5) is 28.1. The summed E-state index contributed by atoms with van der Waals surface area (Å²) < 4.78 is 33.4. The highest BCUT2D eigenvalue weighted by Gasteiger charge is 2.15. The second-order valence-electron chi connectivity index (χ2n) is 6.18. The number of benzene rings is 2. The summed E-state index contributed by atoms with van der Waals surface area (Å²) in [6, 6.07) is 12.8. The van der Waals surface area contributed by atoms with Crippen molar-refractivity contribution < 1.29 is 18.3 Å². The molecule has 0 aliphatic carbocycles. The molecular formula is C21H13F2N3O3. The van der Waals surface area contributed by atoms with Crippen molar-refractivity contribution in [3.05, 3.63) is 94.5 Å². The second-order valence-corrected chi connectivity index (χ2v) is 6.18. The van der Waals surface area contributed by atoms with Crippen molar-refractivity contribution in [2.45, 2.75) is 0 Å². The van der Waals surface area contributed by atoms with Gasteiger partial charge in [0.05, 0.1) is 17.1 Å². The number of pyridine rings is 2. The van der Waals surface area contributed by atoms with Gasteiger partial charge in [0, 0.05) is 11.9 Å². The molecule has 0 saturated carbocycles. The summed E-state index contributed by atoms with van der Waals surface area (Å²) in [6.45, 7) is 0. The average Bonchev–Trinajstić information content (AvgIpc) is 2.71. The van der Waals surface area contributed by atoms with Crippen molar-refractivity contribution in [3.63, 3.8) is 0 Å². The molecule has 8 heteroatoms. The van der Waals surface area contributed by atoms with Gasteiger partial charge in [0.1, 0.15) is 22.9 Å². The molecule has 0 spiro atoms. The quantitative estimate of drug-likeness (QED) is 0.537. The maximum atomic E-state index is 13.3. The van der Waals surface area contributed by atoms with Crippen LogP contribution >= 0.6 is 0 Å². The standard InChI is InChI=1S/C21H13F2N3O3/c22-12-1-3-13(4-2-12)26-11-17(21(24)28)20(27)16-9-14(5-7-18(16)26)29-15-6-8-19(23)25-10-15/h1-11H,(H2,24,28). The minimum absolute atomic E-state index is 0.179. The molecular weight excluding hydrogens is 380 g/mol. The Morgan fingerprint density at radius 3 is 2.38 bits per heavy atom. The van der Waals surface area contributed by atoms with E-state index < -0.39 is 23.1 Å². The van der Waals surface area contributed by atoms with Gasteiger partial charge in [0.15, 0.2) is 0 Å². The number of halogens is 2. The van der Waals surface area contributed by atoms with Crippen molar-refractivity contribution in [1.29, 1.82) is 0 Å². The van der Waals surface area contributed by atoms with Crippen molar-refractivity contribution in [2.24, 2.45) is 5.73 Å². The average molecular weight is 393 g/mol. The van der Waals surface area contributed by atoms with Gasteiger partial charge >= 0.3 is 0 Å². The Morgan fingerprint density at radius 2 is 1.72 bits per heavy atom. The first-order valence-electron chi connectivity index (χ1n) is 8.47. The molecule has 4 aromatic rings. The molecule has 1 amide bonds. The summed E-state index contributed by atoms with van der Waals surface area (Å²) in [6.07, 6.45) is 2.53. The summed E-state index contributed by atoms with van der Waals surface area (Å²) in [5.41, 5.74) is 5.59. The Balaban J connectivity index is 1.89. The fourth-order valence-electron chi connectivity index (χ4n) is 2.92. The highest BCUT2D eigenvalue weighted by Crippen LogP contribution is 2.26. The van der Waals surface area contributed by atoms with Gasteiger partial charge in [-0.25, -0.2) is 9.37 Å². The first-order chi connectivity index (χ1) is 13.9. The maximum Gasteiger partial charge on any atom is 0.254 e. The Hall–Kier alpha value is -4.07. The van der Waals surface area contributed by atoms with E-state index >= 15 is 0 Å².